The molecule has 1 heterocycles. The van der Waals surface area contributed by atoms with Crippen LogP contribution in [-0.4, -0.2) is 53.0 Å². The number of likely N-dealkylation sites (tertiary alicyclic amines) is 1. The second kappa shape index (κ2) is 7.72. The number of carbonyl (C=O) groups excluding carboxylic acids is 1. The highest BCUT2D eigenvalue weighted by atomic mass is 32.2. The Morgan fingerprint density at radius 2 is 2.00 bits per heavy atom. The molecular formula is C16H23N3O3S. The summed E-state index contributed by atoms with van der Waals surface area (Å²) in [5, 5.41) is 3.14. The number of benzene rings is 1. The van der Waals surface area contributed by atoms with E-state index in [0.717, 1.165) is 31.6 Å². The van der Waals surface area contributed by atoms with Crippen molar-refractivity contribution < 1.29 is 13.2 Å². The van der Waals surface area contributed by atoms with Crippen LogP contribution in [0.2, 0.25) is 0 Å². The summed E-state index contributed by atoms with van der Waals surface area (Å²) in [6.07, 6.45) is 4.28. The quantitative estimate of drug-likeness (QED) is 0.748. The van der Waals surface area contributed by atoms with E-state index in [-0.39, 0.29) is 10.8 Å². The van der Waals surface area contributed by atoms with Crippen molar-refractivity contribution in [2.75, 3.05) is 33.7 Å². The van der Waals surface area contributed by atoms with Gasteiger partial charge >= 0.3 is 0 Å². The van der Waals surface area contributed by atoms with Crippen LogP contribution in [0.25, 0.3) is 6.08 Å². The number of hydrogen-bond donors (Lipinski definition) is 2. The van der Waals surface area contributed by atoms with Crippen molar-refractivity contribution in [1.29, 1.82) is 0 Å². The molecule has 0 saturated carbocycles. The molecule has 0 bridgehead atoms. The maximum absolute atomic E-state index is 12.2. The average Bonchev–Trinajstić information content (AvgIpc) is 3.02. The molecule has 1 aliphatic rings. The normalized spacial score (nSPS) is 18.7. The largest absolute Gasteiger partial charge is 0.339 e. The molecule has 1 aliphatic heterocycles. The Morgan fingerprint density at radius 1 is 1.30 bits per heavy atom. The highest BCUT2D eigenvalue weighted by molar-refractivity contribution is 7.89. The summed E-state index contributed by atoms with van der Waals surface area (Å²) in [7, 11) is -0.133. The summed E-state index contributed by atoms with van der Waals surface area (Å²) in [5.74, 6) is 0.513. The summed E-state index contributed by atoms with van der Waals surface area (Å²) in [4.78, 5) is 14.2. The smallest absolute Gasteiger partial charge is 0.246 e. The molecule has 2 N–H and O–H groups in total. The van der Waals surface area contributed by atoms with Gasteiger partial charge in [0.05, 0.1) is 4.90 Å². The van der Waals surface area contributed by atoms with E-state index in [1.807, 2.05) is 11.9 Å². The van der Waals surface area contributed by atoms with Crippen molar-refractivity contribution in [2.45, 2.75) is 11.3 Å². The second-order valence-electron chi connectivity index (χ2n) is 5.61. The molecule has 1 saturated heterocycles. The molecule has 6 nitrogen and oxygen atoms in total. The first kappa shape index (κ1) is 17.7. The molecule has 2 rings (SSSR count). The fourth-order valence-electron chi connectivity index (χ4n) is 2.64. The Kier molecular flexibility index (Phi) is 5.92. The maximum atomic E-state index is 12.2. The van der Waals surface area contributed by atoms with Crippen molar-refractivity contribution >= 4 is 22.0 Å². The molecule has 1 aromatic rings. The maximum Gasteiger partial charge on any atom is 0.246 e. The zero-order valence-corrected chi connectivity index (χ0v) is 14.3. The zero-order valence-electron chi connectivity index (χ0n) is 13.5. The molecule has 0 aromatic heterocycles. The van der Waals surface area contributed by atoms with Crippen LogP contribution in [0.3, 0.4) is 0 Å². The van der Waals surface area contributed by atoms with Crippen LogP contribution in [0.5, 0.6) is 0 Å². The fraction of sp³-hybridized carbons (Fsp3) is 0.438. The molecule has 0 radical (unpaired) electrons. The lowest BCUT2D eigenvalue weighted by atomic mass is 10.1. The molecule has 1 unspecified atom stereocenters. The molecular weight excluding hydrogens is 314 g/mol. The first-order valence-corrected chi connectivity index (χ1v) is 9.10. The molecule has 0 spiro atoms. The third kappa shape index (κ3) is 4.63. The van der Waals surface area contributed by atoms with Crippen molar-refractivity contribution in [3.8, 4) is 0 Å². The average molecular weight is 337 g/mol. The Balaban J connectivity index is 1.96. The topological polar surface area (TPSA) is 78.5 Å². The zero-order chi connectivity index (χ0) is 16.9. The predicted octanol–water partition coefficient (Wildman–Crippen LogP) is 0.676. The van der Waals surface area contributed by atoms with Crippen molar-refractivity contribution in [3.63, 3.8) is 0 Å². The molecule has 1 amide bonds. The van der Waals surface area contributed by atoms with Gasteiger partial charge in [0.1, 0.15) is 0 Å². The van der Waals surface area contributed by atoms with Gasteiger partial charge in [-0.25, -0.2) is 13.1 Å². The third-order valence-electron chi connectivity index (χ3n) is 3.97. The Morgan fingerprint density at radius 3 is 2.61 bits per heavy atom. The fourth-order valence-corrected chi connectivity index (χ4v) is 3.37. The minimum Gasteiger partial charge on any atom is -0.339 e. The van der Waals surface area contributed by atoms with Gasteiger partial charge in [0.15, 0.2) is 0 Å². The lowest BCUT2D eigenvalue weighted by Gasteiger charge is -2.14. The van der Waals surface area contributed by atoms with E-state index in [0.29, 0.717) is 5.92 Å². The van der Waals surface area contributed by atoms with Crippen molar-refractivity contribution in [3.05, 3.63) is 35.9 Å². The number of rotatable bonds is 6. The minimum absolute atomic E-state index is 0.00414. The number of carbonyl (C=O) groups is 1. The van der Waals surface area contributed by atoms with Crippen LogP contribution < -0.4 is 10.0 Å². The molecule has 1 aromatic carbocycles. The van der Waals surface area contributed by atoms with E-state index in [4.69, 9.17) is 0 Å². The monoisotopic (exact) mass is 337 g/mol. The van der Waals surface area contributed by atoms with Crippen LogP contribution >= 0.6 is 0 Å². The summed E-state index contributed by atoms with van der Waals surface area (Å²) in [6.45, 7) is 2.49. The summed E-state index contributed by atoms with van der Waals surface area (Å²) >= 11 is 0. The first-order valence-electron chi connectivity index (χ1n) is 7.61. The van der Waals surface area contributed by atoms with Gasteiger partial charge in [-0.1, -0.05) is 12.1 Å². The van der Waals surface area contributed by atoms with Gasteiger partial charge in [-0.3, -0.25) is 4.79 Å². The van der Waals surface area contributed by atoms with E-state index in [2.05, 4.69) is 10.0 Å². The van der Waals surface area contributed by atoms with Gasteiger partial charge in [-0.2, -0.15) is 0 Å². The number of amides is 1. The lowest BCUT2D eigenvalue weighted by molar-refractivity contribution is -0.125. The van der Waals surface area contributed by atoms with E-state index in [1.165, 1.54) is 19.2 Å². The van der Waals surface area contributed by atoms with E-state index in [1.54, 1.807) is 24.3 Å². The van der Waals surface area contributed by atoms with Gasteiger partial charge < -0.3 is 10.2 Å². The summed E-state index contributed by atoms with van der Waals surface area (Å²) in [6, 6.07) is 6.41. The van der Waals surface area contributed by atoms with Crippen molar-refractivity contribution in [2.24, 2.45) is 5.92 Å². The van der Waals surface area contributed by atoms with Gasteiger partial charge in [-0.05, 0) is 56.8 Å². The molecule has 126 valence electrons. The molecule has 1 atom stereocenters. The summed E-state index contributed by atoms with van der Waals surface area (Å²) < 4.78 is 25.5. The number of hydrogen-bond acceptors (Lipinski definition) is 4. The highest BCUT2D eigenvalue weighted by Gasteiger charge is 2.24. The number of sulfonamides is 1. The van der Waals surface area contributed by atoms with Crippen LogP contribution in [0, 0.1) is 5.92 Å². The van der Waals surface area contributed by atoms with Crippen LogP contribution in [0.1, 0.15) is 12.0 Å². The van der Waals surface area contributed by atoms with E-state index >= 15 is 0 Å². The van der Waals surface area contributed by atoms with Crippen molar-refractivity contribution in [1.82, 2.24) is 14.9 Å². The molecule has 0 aliphatic carbocycles. The van der Waals surface area contributed by atoms with Gasteiger partial charge in [0.2, 0.25) is 15.9 Å². The van der Waals surface area contributed by atoms with Gasteiger partial charge in [-0.15, -0.1) is 0 Å². The van der Waals surface area contributed by atoms with E-state index in [9.17, 15) is 13.2 Å². The highest BCUT2D eigenvalue weighted by Crippen LogP contribution is 2.16. The summed E-state index contributed by atoms with van der Waals surface area (Å²) in [5.41, 5.74) is 0.791. The number of nitrogens with zero attached hydrogens (tertiary/aromatic N) is 1. The Bertz CT molecular complexity index is 668. The minimum atomic E-state index is -3.43. The SMILES string of the molecule is CNCC1CCN(C(=O)C=Cc2ccc(S(=O)(=O)NC)cc2)C1. The molecule has 7 heteroatoms. The first-order chi connectivity index (χ1) is 11.0. The third-order valence-corrected chi connectivity index (χ3v) is 5.40. The van der Waals surface area contributed by atoms with E-state index < -0.39 is 10.0 Å². The van der Waals surface area contributed by atoms with Gasteiger partial charge in [0.25, 0.3) is 0 Å². The van der Waals surface area contributed by atoms with Crippen LogP contribution in [0.15, 0.2) is 35.2 Å². The van der Waals surface area contributed by atoms with Crippen LogP contribution in [-0.2, 0) is 14.8 Å². The molecule has 1 fully saturated rings. The molecule has 23 heavy (non-hydrogen) atoms. The van der Waals surface area contributed by atoms with Crippen LogP contribution in [0.4, 0.5) is 0 Å². The lowest BCUT2D eigenvalue weighted by Crippen LogP contribution is -2.28. The predicted molar refractivity (Wildman–Crippen MR) is 90.3 cm³/mol. The Labute approximate surface area is 137 Å². The Hall–Kier alpha value is -1.70. The second-order valence-corrected chi connectivity index (χ2v) is 7.49. The standard InChI is InChI=1S/C16H23N3O3S/c1-17-11-14-9-10-19(12-14)16(20)8-5-13-3-6-15(7-4-13)23(21,22)18-2/h3-8,14,17-18H,9-12H2,1-2H3. The van der Waals surface area contributed by atoms with Gasteiger partial charge in [0, 0.05) is 19.2 Å². The number of nitrogens with one attached hydrogen (secondary N) is 2.